The van der Waals surface area contributed by atoms with Crippen LogP contribution < -0.4 is 5.32 Å². The van der Waals surface area contributed by atoms with Gasteiger partial charge in [0.25, 0.3) is 5.91 Å². The maximum Gasteiger partial charge on any atom is 0.274 e. The number of carbonyl (C=O) groups is 1. The van der Waals surface area contributed by atoms with Crippen molar-refractivity contribution in [1.29, 1.82) is 0 Å². The third kappa shape index (κ3) is 3.34. The number of benzene rings is 1. The molecule has 0 radical (unpaired) electrons. The number of hydrogen-bond donors (Lipinski definition) is 2. The number of anilines is 1. The molecule has 4 aromatic rings. The standard InChI is InChI=1S/C20H15N5O/c26-20(19-7-6-15(10-22-19)17-11-23-24-12-17)25-18-8-16(9-21-13-18)14-4-2-1-3-5-14/h1-13H,(H,23,24)(H,25,26). The number of aromatic nitrogens is 4. The maximum absolute atomic E-state index is 12.4. The first-order chi connectivity index (χ1) is 12.8. The second-order valence-electron chi connectivity index (χ2n) is 5.70. The molecule has 0 fully saturated rings. The lowest BCUT2D eigenvalue weighted by atomic mass is 10.1. The number of nitrogens with zero attached hydrogens (tertiary/aromatic N) is 3. The Bertz CT molecular complexity index is 1010. The number of nitrogens with one attached hydrogen (secondary N) is 2. The Kier molecular flexibility index (Phi) is 4.22. The fourth-order valence-electron chi connectivity index (χ4n) is 2.60. The molecule has 0 aliphatic heterocycles. The summed E-state index contributed by atoms with van der Waals surface area (Å²) in [5.74, 6) is -0.282. The summed E-state index contributed by atoms with van der Waals surface area (Å²) in [7, 11) is 0. The van der Waals surface area contributed by atoms with E-state index in [2.05, 4.69) is 25.5 Å². The van der Waals surface area contributed by atoms with E-state index >= 15 is 0 Å². The zero-order chi connectivity index (χ0) is 17.8. The number of amides is 1. The average Bonchev–Trinajstić information content (AvgIpc) is 3.24. The minimum absolute atomic E-state index is 0.282. The van der Waals surface area contributed by atoms with Gasteiger partial charge >= 0.3 is 0 Å². The van der Waals surface area contributed by atoms with Gasteiger partial charge in [-0.15, -0.1) is 0 Å². The van der Waals surface area contributed by atoms with Crippen LogP contribution in [-0.2, 0) is 0 Å². The second kappa shape index (κ2) is 6.98. The van der Waals surface area contributed by atoms with E-state index in [4.69, 9.17) is 0 Å². The molecule has 4 rings (SSSR count). The van der Waals surface area contributed by atoms with Crippen molar-refractivity contribution in [3.05, 3.63) is 85.2 Å². The van der Waals surface area contributed by atoms with Gasteiger partial charge in [-0.25, -0.2) is 0 Å². The van der Waals surface area contributed by atoms with Crippen LogP contribution >= 0.6 is 0 Å². The van der Waals surface area contributed by atoms with Crippen molar-refractivity contribution in [2.24, 2.45) is 0 Å². The van der Waals surface area contributed by atoms with Crippen LogP contribution in [-0.4, -0.2) is 26.1 Å². The minimum atomic E-state index is -0.282. The first kappa shape index (κ1) is 15.7. The van der Waals surface area contributed by atoms with Crippen molar-refractivity contribution in [1.82, 2.24) is 20.2 Å². The highest BCUT2D eigenvalue weighted by molar-refractivity contribution is 6.03. The number of aromatic amines is 1. The second-order valence-corrected chi connectivity index (χ2v) is 5.70. The predicted octanol–water partition coefficient (Wildman–Crippen LogP) is 3.79. The molecule has 6 nitrogen and oxygen atoms in total. The van der Waals surface area contributed by atoms with Crippen LogP contribution in [0.4, 0.5) is 5.69 Å². The maximum atomic E-state index is 12.4. The number of H-pyrrole nitrogens is 1. The first-order valence-corrected chi connectivity index (χ1v) is 8.06. The van der Waals surface area contributed by atoms with Crippen LogP contribution in [0.2, 0.25) is 0 Å². The SMILES string of the molecule is O=C(Nc1cncc(-c2ccccc2)c1)c1ccc(-c2cn[nH]c2)cn1. The van der Waals surface area contributed by atoms with Gasteiger partial charge in [-0.1, -0.05) is 36.4 Å². The van der Waals surface area contributed by atoms with Crippen molar-refractivity contribution in [3.8, 4) is 22.3 Å². The molecule has 0 bridgehead atoms. The number of pyridine rings is 2. The lowest BCUT2D eigenvalue weighted by Crippen LogP contribution is -2.13. The number of hydrogen-bond acceptors (Lipinski definition) is 4. The Morgan fingerprint density at radius 3 is 2.46 bits per heavy atom. The van der Waals surface area contributed by atoms with Crippen molar-refractivity contribution in [2.45, 2.75) is 0 Å². The summed E-state index contributed by atoms with van der Waals surface area (Å²) in [5, 5.41) is 9.50. The van der Waals surface area contributed by atoms with Crippen LogP contribution in [0.3, 0.4) is 0 Å². The highest BCUT2D eigenvalue weighted by atomic mass is 16.1. The molecule has 2 N–H and O–H groups in total. The van der Waals surface area contributed by atoms with Crippen molar-refractivity contribution in [2.75, 3.05) is 5.32 Å². The molecule has 3 heterocycles. The quantitative estimate of drug-likeness (QED) is 0.591. The molecule has 0 saturated carbocycles. The third-order valence-corrected chi connectivity index (χ3v) is 3.93. The fourth-order valence-corrected chi connectivity index (χ4v) is 2.60. The highest BCUT2D eigenvalue weighted by Crippen LogP contribution is 2.21. The van der Waals surface area contributed by atoms with Gasteiger partial charge in [-0.3, -0.25) is 19.9 Å². The fraction of sp³-hybridized carbons (Fsp3) is 0. The highest BCUT2D eigenvalue weighted by Gasteiger charge is 2.09. The van der Waals surface area contributed by atoms with Gasteiger partial charge in [0.15, 0.2) is 0 Å². The van der Waals surface area contributed by atoms with E-state index in [0.29, 0.717) is 11.4 Å². The van der Waals surface area contributed by atoms with Crippen molar-refractivity contribution < 1.29 is 4.79 Å². The smallest absolute Gasteiger partial charge is 0.274 e. The molecule has 126 valence electrons. The molecule has 0 aliphatic rings. The number of carbonyl (C=O) groups excluding carboxylic acids is 1. The van der Waals surface area contributed by atoms with E-state index in [0.717, 1.165) is 22.3 Å². The average molecular weight is 341 g/mol. The van der Waals surface area contributed by atoms with E-state index in [9.17, 15) is 4.79 Å². The van der Waals surface area contributed by atoms with E-state index in [1.807, 2.05) is 42.5 Å². The van der Waals surface area contributed by atoms with Crippen LogP contribution in [0.5, 0.6) is 0 Å². The van der Waals surface area contributed by atoms with Crippen LogP contribution in [0.25, 0.3) is 22.3 Å². The Labute approximate surface area is 150 Å². The van der Waals surface area contributed by atoms with Gasteiger partial charge in [-0.05, 0) is 17.7 Å². The minimum Gasteiger partial charge on any atom is -0.319 e. The molecule has 3 aromatic heterocycles. The number of rotatable bonds is 4. The Morgan fingerprint density at radius 1 is 0.846 bits per heavy atom. The Balaban J connectivity index is 1.51. The van der Waals surface area contributed by atoms with Gasteiger partial charge < -0.3 is 5.32 Å². The summed E-state index contributed by atoms with van der Waals surface area (Å²) < 4.78 is 0. The van der Waals surface area contributed by atoms with E-state index in [1.165, 1.54) is 0 Å². The van der Waals surface area contributed by atoms with Gasteiger partial charge in [0.1, 0.15) is 5.69 Å². The Morgan fingerprint density at radius 2 is 1.73 bits per heavy atom. The van der Waals surface area contributed by atoms with Crippen molar-refractivity contribution >= 4 is 11.6 Å². The summed E-state index contributed by atoms with van der Waals surface area (Å²) in [4.78, 5) is 20.9. The lowest BCUT2D eigenvalue weighted by molar-refractivity contribution is 0.102. The predicted molar refractivity (Wildman–Crippen MR) is 99.4 cm³/mol. The molecular weight excluding hydrogens is 326 g/mol. The van der Waals surface area contributed by atoms with Crippen molar-refractivity contribution in [3.63, 3.8) is 0 Å². The van der Waals surface area contributed by atoms with Crippen LogP contribution in [0, 0.1) is 0 Å². The molecule has 0 unspecified atom stereocenters. The summed E-state index contributed by atoms with van der Waals surface area (Å²) >= 11 is 0. The third-order valence-electron chi connectivity index (χ3n) is 3.93. The van der Waals surface area contributed by atoms with E-state index in [-0.39, 0.29) is 5.91 Å². The van der Waals surface area contributed by atoms with Gasteiger partial charge in [0.05, 0.1) is 18.1 Å². The zero-order valence-corrected chi connectivity index (χ0v) is 13.8. The summed E-state index contributed by atoms with van der Waals surface area (Å²) in [6, 6.07) is 15.3. The normalized spacial score (nSPS) is 10.5. The molecule has 0 saturated heterocycles. The molecule has 0 spiro atoms. The molecule has 6 heteroatoms. The molecule has 0 atom stereocenters. The van der Waals surface area contributed by atoms with E-state index in [1.54, 1.807) is 37.1 Å². The molecule has 1 aromatic carbocycles. The summed E-state index contributed by atoms with van der Waals surface area (Å²) in [6.07, 6.45) is 8.51. The largest absolute Gasteiger partial charge is 0.319 e. The van der Waals surface area contributed by atoms with Crippen LogP contribution in [0.15, 0.2) is 79.5 Å². The summed E-state index contributed by atoms with van der Waals surface area (Å²) in [6.45, 7) is 0. The summed E-state index contributed by atoms with van der Waals surface area (Å²) in [5.41, 5.74) is 4.75. The molecule has 0 aliphatic carbocycles. The molecular formula is C20H15N5O. The first-order valence-electron chi connectivity index (χ1n) is 8.06. The van der Waals surface area contributed by atoms with Crippen LogP contribution in [0.1, 0.15) is 10.5 Å². The topological polar surface area (TPSA) is 83.6 Å². The molecule has 26 heavy (non-hydrogen) atoms. The van der Waals surface area contributed by atoms with Gasteiger partial charge in [-0.2, -0.15) is 5.10 Å². The Hall–Kier alpha value is -3.80. The molecule has 1 amide bonds. The van der Waals surface area contributed by atoms with Gasteiger partial charge in [0.2, 0.25) is 0 Å². The van der Waals surface area contributed by atoms with E-state index < -0.39 is 0 Å². The lowest BCUT2D eigenvalue weighted by Gasteiger charge is -2.07. The van der Waals surface area contributed by atoms with Gasteiger partial charge in [0, 0.05) is 35.3 Å². The zero-order valence-electron chi connectivity index (χ0n) is 13.8. The monoisotopic (exact) mass is 341 g/mol.